The Hall–Kier alpha value is -0.243. The molecule has 20 heavy (non-hydrogen) atoms. The molecular formula is C18H38OSi. The summed E-state index contributed by atoms with van der Waals surface area (Å²) in [6.45, 7) is 3.20. The summed E-state index contributed by atoms with van der Waals surface area (Å²) in [6.07, 6.45) is 21.7. The van der Waals surface area contributed by atoms with Crippen molar-refractivity contribution in [3.05, 3.63) is 12.0 Å². The Kier molecular flexibility index (Phi) is 18.5. The Labute approximate surface area is 131 Å². The topological polar surface area (TPSA) is 9.23 Å². The summed E-state index contributed by atoms with van der Waals surface area (Å²) in [6, 6.07) is 0. The quantitative estimate of drug-likeness (QED) is 0.213. The Morgan fingerprint density at radius 2 is 1.05 bits per heavy atom. The van der Waals surface area contributed by atoms with Crippen LogP contribution in [0.2, 0.25) is 0 Å². The lowest BCUT2D eigenvalue weighted by atomic mass is 10.0. The van der Waals surface area contributed by atoms with Crippen molar-refractivity contribution in [3.63, 3.8) is 0 Å². The van der Waals surface area contributed by atoms with Crippen molar-refractivity contribution in [2.45, 2.75) is 96.8 Å². The average molecular weight is 299 g/mol. The lowest BCUT2D eigenvalue weighted by molar-refractivity contribution is 0.241. The van der Waals surface area contributed by atoms with Gasteiger partial charge in [0.2, 0.25) is 0 Å². The molecule has 2 heteroatoms. The largest absolute Gasteiger partial charge is 0.502 e. The second-order valence-corrected chi connectivity index (χ2v) is 6.60. The van der Waals surface area contributed by atoms with Gasteiger partial charge in [-0.05, 0) is 6.42 Å². The molecule has 0 N–H and O–H groups in total. The van der Waals surface area contributed by atoms with E-state index in [-0.39, 0.29) is 0 Å². The minimum Gasteiger partial charge on any atom is -0.502 e. The fourth-order valence-corrected chi connectivity index (χ4v) is 2.74. The molecule has 1 nitrogen and oxygen atoms in total. The highest BCUT2D eigenvalue weighted by atomic mass is 28.1. The van der Waals surface area contributed by atoms with E-state index >= 15 is 0 Å². The summed E-state index contributed by atoms with van der Waals surface area (Å²) in [5.74, 6) is 0. The number of hydrogen-bond donors (Lipinski definition) is 0. The van der Waals surface area contributed by atoms with Crippen LogP contribution in [0, 0.1) is 0 Å². The van der Waals surface area contributed by atoms with Gasteiger partial charge in [0.05, 0.1) is 12.9 Å². The van der Waals surface area contributed by atoms with E-state index in [9.17, 15) is 0 Å². The van der Waals surface area contributed by atoms with Crippen LogP contribution < -0.4 is 0 Å². The van der Waals surface area contributed by atoms with Gasteiger partial charge in [0.15, 0.2) is 0 Å². The maximum Gasteiger partial charge on any atom is 0.0872 e. The van der Waals surface area contributed by atoms with Gasteiger partial charge in [-0.25, -0.2) is 0 Å². The first kappa shape index (κ1) is 19.8. The van der Waals surface area contributed by atoms with Crippen LogP contribution in [-0.4, -0.2) is 16.8 Å². The summed E-state index contributed by atoms with van der Waals surface area (Å²) in [5.41, 5.74) is 2.09. The fourth-order valence-electron chi connectivity index (χ4n) is 2.54. The van der Waals surface area contributed by atoms with Crippen LogP contribution in [0.25, 0.3) is 0 Å². The molecule has 0 saturated heterocycles. The highest BCUT2D eigenvalue weighted by Crippen LogP contribution is 2.12. The average Bonchev–Trinajstić information content (AvgIpc) is 2.47. The van der Waals surface area contributed by atoms with Gasteiger partial charge in [0.1, 0.15) is 0 Å². The van der Waals surface area contributed by atoms with Crippen LogP contribution in [0.5, 0.6) is 0 Å². The van der Waals surface area contributed by atoms with Crippen LogP contribution in [0.15, 0.2) is 12.0 Å². The van der Waals surface area contributed by atoms with E-state index in [1.54, 1.807) is 0 Å². The summed E-state index contributed by atoms with van der Waals surface area (Å²) in [5, 5.41) is 0. The molecule has 0 bridgehead atoms. The molecular weight excluding hydrogens is 260 g/mol. The predicted octanol–water partition coefficient (Wildman–Crippen LogP) is 5.32. The third-order valence-corrected chi connectivity index (χ3v) is 4.12. The SMILES string of the molecule is CCCCCCCCCCCCCCCCOC=C[SiH3]. The van der Waals surface area contributed by atoms with E-state index in [1.165, 1.54) is 89.9 Å². The van der Waals surface area contributed by atoms with Gasteiger partial charge in [0, 0.05) is 10.2 Å². The molecule has 0 aliphatic carbocycles. The van der Waals surface area contributed by atoms with E-state index in [1.807, 2.05) is 6.26 Å². The molecule has 0 radical (unpaired) electrons. The molecule has 0 atom stereocenters. The predicted molar refractivity (Wildman–Crippen MR) is 95.3 cm³/mol. The van der Waals surface area contributed by atoms with E-state index in [2.05, 4.69) is 12.6 Å². The molecule has 0 spiro atoms. The summed E-state index contributed by atoms with van der Waals surface area (Å²) in [7, 11) is 1.10. The second-order valence-electron chi connectivity index (χ2n) is 5.94. The molecule has 0 amide bonds. The van der Waals surface area contributed by atoms with E-state index in [0.29, 0.717) is 0 Å². The highest BCUT2D eigenvalue weighted by molar-refractivity contribution is 6.16. The van der Waals surface area contributed by atoms with Crippen LogP contribution >= 0.6 is 0 Å². The van der Waals surface area contributed by atoms with Gasteiger partial charge in [0.25, 0.3) is 0 Å². The van der Waals surface area contributed by atoms with Crippen molar-refractivity contribution in [1.82, 2.24) is 0 Å². The number of hydrogen-bond acceptors (Lipinski definition) is 1. The molecule has 0 aromatic heterocycles. The Morgan fingerprint density at radius 3 is 1.45 bits per heavy atom. The molecule has 0 aromatic rings. The molecule has 0 aliphatic heterocycles. The van der Waals surface area contributed by atoms with Gasteiger partial charge >= 0.3 is 0 Å². The summed E-state index contributed by atoms with van der Waals surface area (Å²) >= 11 is 0. The van der Waals surface area contributed by atoms with Crippen molar-refractivity contribution in [2.24, 2.45) is 0 Å². The van der Waals surface area contributed by atoms with Crippen LogP contribution in [0.1, 0.15) is 96.8 Å². The number of rotatable bonds is 16. The van der Waals surface area contributed by atoms with Crippen molar-refractivity contribution in [2.75, 3.05) is 6.61 Å². The summed E-state index contributed by atoms with van der Waals surface area (Å²) in [4.78, 5) is 0. The minimum atomic E-state index is 0.913. The van der Waals surface area contributed by atoms with E-state index in [4.69, 9.17) is 4.74 Å². The van der Waals surface area contributed by atoms with E-state index in [0.717, 1.165) is 16.8 Å². The molecule has 0 rings (SSSR count). The van der Waals surface area contributed by atoms with Gasteiger partial charge in [-0.15, -0.1) is 0 Å². The van der Waals surface area contributed by atoms with Gasteiger partial charge in [-0.1, -0.05) is 96.1 Å². The molecule has 120 valence electrons. The van der Waals surface area contributed by atoms with Crippen LogP contribution in [0.4, 0.5) is 0 Å². The Bertz CT molecular complexity index is 192. The first-order chi connectivity index (χ1) is 9.91. The first-order valence-electron chi connectivity index (χ1n) is 9.14. The molecule has 0 unspecified atom stereocenters. The zero-order chi connectivity index (χ0) is 14.7. The van der Waals surface area contributed by atoms with Crippen molar-refractivity contribution in [3.8, 4) is 0 Å². The highest BCUT2D eigenvalue weighted by Gasteiger charge is 1.93. The molecule has 0 fully saturated rings. The van der Waals surface area contributed by atoms with Gasteiger partial charge < -0.3 is 4.74 Å². The molecule has 0 aliphatic rings. The molecule has 0 saturated carbocycles. The lowest BCUT2D eigenvalue weighted by Crippen LogP contribution is -1.88. The number of ether oxygens (including phenoxy) is 1. The number of unbranched alkanes of at least 4 members (excludes halogenated alkanes) is 13. The minimum absolute atomic E-state index is 0.913. The van der Waals surface area contributed by atoms with Gasteiger partial charge in [-0.2, -0.15) is 0 Å². The van der Waals surface area contributed by atoms with Crippen LogP contribution in [0.3, 0.4) is 0 Å². The van der Waals surface area contributed by atoms with Crippen LogP contribution in [-0.2, 0) is 4.74 Å². The lowest BCUT2D eigenvalue weighted by Gasteiger charge is -2.03. The zero-order valence-corrected chi connectivity index (χ0v) is 16.2. The van der Waals surface area contributed by atoms with Crippen molar-refractivity contribution < 1.29 is 4.74 Å². The second kappa shape index (κ2) is 18.8. The third kappa shape index (κ3) is 17.8. The zero-order valence-electron chi connectivity index (χ0n) is 14.2. The maximum atomic E-state index is 5.34. The van der Waals surface area contributed by atoms with Crippen molar-refractivity contribution in [1.29, 1.82) is 0 Å². The van der Waals surface area contributed by atoms with Crippen molar-refractivity contribution >= 4 is 10.2 Å². The van der Waals surface area contributed by atoms with Gasteiger partial charge in [-0.3, -0.25) is 0 Å². The molecule has 0 aromatic carbocycles. The third-order valence-electron chi connectivity index (χ3n) is 3.85. The maximum absolute atomic E-state index is 5.34. The standard InChI is InChI=1S/C18H38OSi/c1-2-3-4-5-6-7-8-9-10-11-12-13-14-15-16-19-17-18-20/h17-18H,2-16H2,1,20H3. The smallest absolute Gasteiger partial charge is 0.0872 e. The monoisotopic (exact) mass is 298 g/mol. The first-order valence-corrected chi connectivity index (χ1v) is 10.3. The normalized spacial score (nSPS) is 11.4. The Balaban J connectivity index is 2.92. The molecule has 0 heterocycles. The fraction of sp³-hybridized carbons (Fsp3) is 0.889. The summed E-state index contributed by atoms with van der Waals surface area (Å²) < 4.78 is 5.34. The Morgan fingerprint density at radius 1 is 0.650 bits per heavy atom. The van der Waals surface area contributed by atoms with E-state index < -0.39 is 0 Å².